The number of likely N-dealkylation sites (tertiary alicyclic amines) is 1. The third-order valence-corrected chi connectivity index (χ3v) is 5.96. The second-order valence-corrected chi connectivity index (χ2v) is 9.38. The van der Waals surface area contributed by atoms with Gasteiger partial charge in [-0.05, 0) is 30.0 Å². The van der Waals surface area contributed by atoms with Crippen LogP contribution in [0.1, 0.15) is 45.7 Å². The maximum absolute atomic E-state index is 13.1. The Balaban J connectivity index is 1.78. The smallest absolute Gasteiger partial charge is 0.243 e. The molecule has 4 N–H and O–H groups in total. The molecule has 1 saturated heterocycles. The van der Waals surface area contributed by atoms with Gasteiger partial charge >= 0.3 is 0 Å². The number of methoxy groups -OCH3 is 1. The first-order valence-corrected chi connectivity index (χ1v) is 10.5. The van der Waals surface area contributed by atoms with Crippen LogP contribution in [-0.2, 0) is 16.6 Å². The van der Waals surface area contributed by atoms with Crippen molar-refractivity contribution in [3.63, 3.8) is 0 Å². The molecule has 1 fully saturated rings. The van der Waals surface area contributed by atoms with E-state index in [1.807, 2.05) is 52.9 Å². The number of ether oxygens (including phenoxy) is 1. The molecular weight excluding hydrogens is 398 g/mol. The van der Waals surface area contributed by atoms with Gasteiger partial charge in [-0.3, -0.25) is 14.3 Å². The normalized spacial score (nSPS) is 21.2. The number of aryl methyl sites for hydroxylation is 1. The Labute approximate surface area is 182 Å². The van der Waals surface area contributed by atoms with E-state index in [9.17, 15) is 14.7 Å². The number of aliphatic hydroxyl groups excluding tert-OH is 1. The SMILES string of the molecule is COc1nn(C)c2ccc([C@H](C)NC(=O)[C@@H]3C[C@@H](O)CN3C(=O)[C@@H](N)C(C)(C)C)cc12. The van der Waals surface area contributed by atoms with Crippen molar-refractivity contribution in [2.24, 2.45) is 18.2 Å². The fourth-order valence-corrected chi connectivity index (χ4v) is 3.92. The van der Waals surface area contributed by atoms with Gasteiger partial charge in [-0.25, -0.2) is 0 Å². The molecule has 1 aliphatic heterocycles. The van der Waals surface area contributed by atoms with Crippen molar-refractivity contribution in [2.45, 2.75) is 58.3 Å². The minimum Gasteiger partial charge on any atom is -0.479 e. The van der Waals surface area contributed by atoms with Crippen LogP contribution < -0.4 is 15.8 Å². The molecule has 1 aromatic heterocycles. The zero-order valence-electron chi connectivity index (χ0n) is 19.0. The fourth-order valence-electron chi connectivity index (χ4n) is 3.92. The predicted octanol–water partition coefficient (Wildman–Crippen LogP) is 1.09. The van der Waals surface area contributed by atoms with Crippen LogP contribution in [0.3, 0.4) is 0 Å². The Hall–Kier alpha value is -2.65. The Morgan fingerprint density at radius 1 is 1.35 bits per heavy atom. The summed E-state index contributed by atoms with van der Waals surface area (Å²) in [6.07, 6.45) is -0.561. The number of benzene rings is 1. The molecule has 1 aliphatic rings. The lowest BCUT2D eigenvalue weighted by Crippen LogP contribution is -2.55. The van der Waals surface area contributed by atoms with Crippen LogP contribution in [0.4, 0.5) is 0 Å². The van der Waals surface area contributed by atoms with E-state index in [1.165, 1.54) is 4.90 Å². The average molecular weight is 432 g/mol. The number of nitrogens with one attached hydrogen (secondary N) is 1. The largest absolute Gasteiger partial charge is 0.479 e. The Morgan fingerprint density at radius 2 is 2.03 bits per heavy atom. The molecule has 170 valence electrons. The summed E-state index contributed by atoms with van der Waals surface area (Å²) in [5.41, 5.74) is 7.49. The van der Waals surface area contributed by atoms with Crippen molar-refractivity contribution < 1.29 is 19.4 Å². The summed E-state index contributed by atoms with van der Waals surface area (Å²) >= 11 is 0. The van der Waals surface area contributed by atoms with Crippen molar-refractivity contribution >= 4 is 22.7 Å². The van der Waals surface area contributed by atoms with E-state index in [0.717, 1.165) is 16.5 Å². The molecule has 0 saturated carbocycles. The second kappa shape index (κ2) is 8.47. The van der Waals surface area contributed by atoms with Crippen molar-refractivity contribution in [3.8, 4) is 5.88 Å². The standard InChI is InChI=1S/C22H33N5O4/c1-12(13-7-8-16-15(9-13)20(31-6)25-26(16)5)24-19(29)17-10-14(28)11-27(17)21(30)18(23)22(2,3)4/h7-9,12,14,17-18,28H,10-11,23H2,1-6H3,(H,24,29)/t12-,14+,17-,18+/m0/s1. The lowest BCUT2D eigenvalue weighted by Gasteiger charge is -2.32. The van der Waals surface area contributed by atoms with E-state index in [4.69, 9.17) is 10.5 Å². The van der Waals surface area contributed by atoms with E-state index < -0.39 is 23.6 Å². The lowest BCUT2D eigenvalue weighted by molar-refractivity contribution is -0.141. The number of fused-ring (bicyclic) bond motifs is 1. The zero-order chi connectivity index (χ0) is 23.1. The minimum absolute atomic E-state index is 0.105. The van der Waals surface area contributed by atoms with Gasteiger partial charge in [0.25, 0.3) is 0 Å². The topological polar surface area (TPSA) is 123 Å². The molecular formula is C22H33N5O4. The van der Waals surface area contributed by atoms with Gasteiger partial charge in [0.05, 0.1) is 36.2 Å². The number of rotatable bonds is 5. The number of aromatic nitrogens is 2. The number of hydrogen-bond donors (Lipinski definition) is 3. The first-order valence-electron chi connectivity index (χ1n) is 10.5. The fraction of sp³-hybridized carbons (Fsp3) is 0.591. The van der Waals surface area contributed by atoms with Crippen LogP contribution in [0.15, 0.2) is 18.2 Å². The predicted molar refractivity (Wildman–Crippen MR) is 117 cm³/mol. The molecule has 0 unspecified atom stereocenters. The number of amides is 2. The van der Waals surface area contributed by atoms with Crippen LogP contribution >= 0.6 is 0 Å². The quantitative estimate of drug-likeness (QED) is 0.651. The van der Waals surface area contributed by atoms with Gasteiger partial charge in [-0.1, -0.05) is 26.8 Å². The number of carbonyl (C=O) groups excluding carboxylic acids is 2. The summed E-state index contributed by atoms with van der Waals surface area (Å²) in [6, 6.07) is 3.97. The molecule has 0 spiro atoms. The van der Waals surface area contributed by atoms with Crippen molar-refractivity contribution in [1.82, 2.24) is 20.0 Å². The van der Waals surface area contributed by atoms with Gasteiger partial charge in [-0.15, -0.1) is 5.10 Å². The van der Waals surface area contributed by atoms with Crippen LogP contribution in [0.5, 0.6) is 5.88 Å². The summed E-state index contributed by atoms with van der Waals surface area (Å²) in [4.78, 5) is 27.4. The molecule has 0 aliphatic carbocycles. The summed E-state index contributed by atoms with van der Waals surface area (Å²) < 4.78 is 7.08. The highest BCUT2D eigenvalue weighted by molar-refractivity contribution is 5.91. The van der Waals surface area contributed by atoms with Crippen molar-refractivity contribution in [3.05, 3.63) is 23.8 Å². The Kier molecular flexibility index (Phi) is 6.29. The molecule has 0 bridgehead atoms. The molecule has 9 heteroatoms. The Bertz CT molecular complexity index is 980. The molecule has 1 aromatic carbocycles. The van der Waals surface area contributed by atoms with Gasteiger partial charge in [0.15, 0.2) is 0 Å². The summed E-state index contributed by atoms with van der Waals surface area (Å²) in [7, 11) is 3.41. The Morgan fingerprint density at radius 3 is 2.65 bits per heavy atom. The lowest BCUT2D eigenvalue weighted by atomic mass is 9.86. The molecule has 2 heterocycles. The number of β-amino-alcohol motifs (C(OH)–C–C–N with tert-alkyl or cyclic N) is 1. The highest BCUT2D eigenvalue weighted by Gasteiger charge is 2.42. The second-order valence-electron chi connectivity index (χ2n) is 9.38. The number of nitrogens with two attached hydrogens (primary N) is 1. The molecule has 2 aromatic rings. The maximum atomic E-state index is 13.1. The molecule has 2 amide bonds. The van der Waals surface area contributed by atoms with Gasteiger partial charge in [-0.2, -0.15) is 0 Å². The first-order chi connectivity index (χ1) is 14.4. The van der Waals surface area contributed by atoms with Crippen LogP contribution in [0, 0.1) is 5.41 Å². The number of nitrogens with zero attached hydrogens (tertiary/aromatic N) is 3. The summed E-state index contributed by atoms with van der Waals surface area (Å²) in [6.45, 7) is 7.61. The van der Waals surface area contributed by atoms with E-state index in [2.05, 4.69) is 10.4 Å². The van der Waals surface area contributed by atoms with Crippen LogP contribution in [-0.4, -0.2) is 63.4 Å². The molecule has 9 nitrogen and oxygen atoms in total. The van der Waals surface area contributed by atoms with Gasteiger partial charge in [0, 0.05) is 20.0 Å². The number of carbonyl (C=O) groups is 2. The monoisotopic (exact) mass is 431 g/mol. The van der Waals surface area contributed by atoms with E-state index in [-0.39, 0.29) is 30.8 Å². The summed E-state index contributed by atoms with van der Waals surface area (Å²) in [5.74, 6) is -0.111. The maximum Gasteiger partial charge on any atom is 0.243 e. The van der Waals surface area contributed by atoms with Gasteiger partial charge < -0.3 is 25.8 Å². The first kappa shape index (κ1) is 23.0. The van der Waals surface area contributed by atoms with Gasteiger partial charge in [0.2, 0.25) is 17.7 Å². The number of aliphatic hydroxyl groups is 1. The summed E-state index contributed by atoms with van der Waals surface area (Å²) in [5, 5.41) is 18.3. The highest BCUT2D eigenvalue weighted by atomic mass is 16.5. The third-order valence-electron chi connectivity index (χ3n) is 5.96. The van der Waals surface area contributed by atoms with E-state index in [0.29, 0.717) is 5.88 Å². The third kappa shape index (κ3) is 4.52. The number of hydrogen-bond acceptors (Lipinski definition) is 6. The zero-order valence-corrected chi connectivity index (χ0v) is 19.0. The molecule has 0 radical (unpaired) electrons. The highest BCUT2D eigenvalue weighted by Crippen LogP contribution is 2.28. The van der Waals surface area contributed by atoms with Crippen LogP contribution in [0.25, 0.3) is 10.9 Å². The van der Waals surface area contributed by atoms with E-state index in [1.54, 1.807) is 11.8 Å². The van der Waals surface area contributed by atoms with Crippen molar-refractivity contribution in [1.29, 1.82) is 0 Å². The minimum atomic E-state index is -0.758. The van der Waals surface area contributed by atoms with Gasteiger partial charge in [0.1, 0.15) is 6.04 Å². The van der Waals surface area contributed by atoms with Crippen LogP contribution in [0.2, 0.25) is 0 Å². The molecule has 3 rings (SSSR count). The molecule has 4 atom stereocenters. The molecule has 31 heavy (non-hydrogen) atoms. The van der Waals surface area contributed by atoms with E-state index >= 15 is 0 Å². The average Bonchev–Trinajstić information content (AvgIpc) is 3.25. The van der Waals surface area contributed by atoms with Crippen molar-refractivity contribution in [2.75, 3.05) is 13.7 Å².